The molecule has 15 heavy (non-hydrogen) atoms. The van der Waals surface area contributed by atoms with Gasteiger partial charge in [-0.25, -0.2) is 4.39 Å². The second-order valence-corrected chi connectivity index (χ2v) is 3.79. The number of hydrogen-bond donors (Lipinski definition) is 1. The Labute approximate surface area is 89.3 Å². The summed E-state index contributed by atoms with van der Waals surface area (Å²) in [5.41, 5.74) is 5.90. The van der Waals surface area contributed by atoms with E-state index < -0.39 is 11.7 Å². The lowest BCUT2D eigenvalue weighted by Gasteiger charge is -2.11. The number of carbonyl (C=O) groups is 1. The van der Waals surface area contributed by atoms with Crippen molar-refractivity contribution in [2.45, 2.75) is 32.6 Å². The van der Waals surface area contributed by atoms with Crippen LogP contribution < -0.4 is 5.73 Å². The van der Waals surface area contributed by atoms with Gasteiger partial charge in [0.2, 0.25) is 0 Å². The first-order chi connectivity index (χ1) is 7.06. The molecule has 0 saturated carbocycles. The summed E-state index contributed by atoms with van der Waals surface area (Å²) in [6, 6.07) is 4.63. The molecule has 1 aromatic rings. The van der Waals surface area contributed by atoms with Gasteiger partial charge in [-0.05, 0) is 30.0 Å². The average Bonchev–Trinajstić information content (AvgIpc) is 2.17. The van der Waals surface area contributed by atoms with Gasteiger partial charge in [0.25, 0.3) is 5.91 Å². The largest absolute Gasteiger partial charge is 0.366 e. The first kappa shape index (κ1) is 11.7. The van der Waals surface area contributed by atoms with Crippen LogP contribution in [0.5, 0.6) is 0 Å². The molecule has 82 valence electrons. The van der Waals surface area contributed by atoms with Crippen LogP contribution in [0, 0.1) is 5.82 Å². The predicted molar refractivity (Wildman–Crippen MR) is 58.2 cm³/mol. The lowest BCUT2D eigenvalue weighted by atomic mass is 9.95. The maximum atomic E-state index is 13.4. The zero-order valence-corrected chi connectivity index (χ0v) is 9.09. The molecule has 1 aromatic carbocycles. The second-order valence-electron chi connectivity index (χ2n) is 3.79. The minimum absolute atomic E-state index is 0.0394. The lowest BCUT2D eigenvalue weighted by molar-refractivity contribution is 0.0996. The van der Waals surface area contributed by atoms with Crippen molar-refractivity contribution in [1.82, 2.24) is 0 Å². The molecule has 1 atom stereocenters. The molecule has 3 heteroatoms. The summed E-state index contributed by atoms with van der Waals surface area (Å²) in [4.78, 5) is 10.8. The fraction of sp³-hybridized carbons (Fsp3) is 0.417. The number of halogens is 1. The summed E-state index contributed by atoms with van der Waals surface area (Å²) < 4.78 is 13.4. The molecule has 0 fully saturated rings. The molecule has 0 heterocycles. The third-order valence-corrected chi connectivity index (χ3v) is 2.55. The highest BCUT2D eigenvalue weighted by atomic mass is 19.1. The maximum absolute atomic E-state index is 13.4. The second kappa shape index (κ2) is 4.91. The summed E-state index contributed by atoms with van der Waals surface area (Å²) in [5.74, 6) is -0.934. The van der Waals surface area contributed by atoms with Gasteiger partial charge in [-0.2, -0.15) is 0 Å². The normalized spacial score (nSPS) is 12.5. The SMILES string of the molecule is CCCC(C)c1ccc(C(N)=O)c(F)c1. The Morgan fingerprint density at radius 3 is 2.67 bits per heavy atom. The van der Waals surface area contributed by atoms with E-state index in [1.165, 1.54) is 12.1 Å². The summed E-state index contributed by atoms with van der Waals surface area (Å²) >= 11 is 0. The molecule has 1 rings (SSSR count). The van der Waals surface area contributed by atoms with Gasteiger partial charge in [-0.15, -0.1) is 0 Å². The van der Waals surface area contributed by atoms with Crippen LogP contribution >= 0.6 is 0 Å². The molecular formula is C12H16FNO. The van der Waals surface area contributed by atoms with Crippen molar-refractivity contribution in [1.29, 1.82) is 0 Å². The molecule has 1 amide bonds. The predicted octanol–water partition coefficient (Wildman–Crippen LogP) is 2.83. The monoisotopic (exact) mass is 209 g/mol. The summed E-state index contributed by atoms with van der Waals surface area (Å²) in [7, 11) is 0. The number of nitrogens with two attached hydrogens (primary N) is 1. The first-order valence-electron chi connectivity index (χ1n) is 5.15. The molecular weight excluding hydrogens is 193 g/mol. The van der Waals surface area contributed by atoms with Crippen LogP contribution in [-0.4, -0.2) is 5.91 Å². The van der Waals surface area contributed by atoms with E-state index in [0.717, 1.165) is 18.4 Å². The minimum atomic E-state index is -0.720. The van der Waals surface area contributed by atoms with Crippen LogP contribution in [0.3, 0.4) is 0 Å². The highest BCUT2D eigenvalue weighted by molar-refractivity contribution is 5.93. The van der Waals surface area contributed by atoms with Crippen LogP contribution in [0.2, 0.25) is 0 Å². The van der Waals surface area contributed by atoms with Crippen molar-refractivity contribution in [3.05, 3.63) is 35.1 Å². The van der Waals surface area contributed by atoms with E-state index in [1.54, 1.807) is 6.07 Å². The van der Waals surface area contributed by atoms with Crippen molar-refractivity contribution in [3.8, 4) is 0 Å². The van der Waals surface area contributed by atoms with Gasteiger partial charge in [0, 0.05) is 0 Å². The molecule has 0 aliphatic carbocycles. The van der Waals surface area contributed by atoms with Gasteiger partial charge in [0.15, 0.2) is 0 Å². The van der Waals surface area contributed by atoms with Gasteiger partial charge >= 0.3 is 0 Å². The molecule has 0 bridgehead atoms. The Bertz CT molecular complexity index is 363. The highest BCUT2D eigenvalue weighted by Crippen LogP contribution is 2.22. The van der Waals surface area contributed by atoms with Crippen molar-refractivity contribution < 1.29 is 9.18 Å². The van der Waals surface area contributed by atoms with Crippen molar-refractivity contribution in [2.24, 2.45) is 5.73 Å². The molecule has 0 radical (unpaired) electrons. The number of carbonyl (C=O) groups excluding carboxylic acids is 1. The Balaban J connectivity index is 2.96. The standard InChI is InChI=1S/C12H16FNO/c1-3-4-8(2)9-5-6-10(12(14)15)11(13)7-9/h5-8H,3-4H2,1-2H3,(H2,14,15). The Hall–Kier alpha value is -1.38. The molecule has 0 aliphatic heterocycles. The van der Waals surface area contributed by atoms with Gasteiger partial charge in [0.05, 0.1) is 5.56 Å². The Kier molecular flexibility index (Phi) is 3.83. The fourth-order valence-corrected chi connectivity index (χ4v) is 1.64. The number of benzene rings is 1. The number of rotatable bonds is 4. The lowest BCUT2D eigenvalue weighted by Crippen LogP contribution is -2.13. The zero-order chi connectivity index (χ0) is 11.4. The summed E-state index contributed by atoms with van der Waals surface area (Å²) in [5, 5.41) is 0. The van der Waals surface area contributed by atoms with Crippen LogP contribution in [0.4, 0.5) is 4.39 Å². The molecule has 2 nitrogen and oxygen atoms in total. The molecule has 0 saturated heterocycles. The smallest absolute Gasteiger partial charge is 0.251 e. The minimum Gasteiger partial charge on any atom is -0.366 e. The molecule has 0 aliphatic rings. The van der Waals surface area contributed by atoms with E-state index in [4.69, 9.17) is 5.73 Å². The molecule has 1 unspecified atom stereocenters. The third-order valence-electron chi connectivity index (χ3n) is 2.55. The number of hydrogen-bond acceptors (Lipinski definition) is 1. The van der Waals surface area contributed by atoms with Gasteiger partial charge in [-0.3, -0.25) is 4.79 Å². The van der Waals surface area contributed by atoms with E-state index in [0.29, 0.717) is 5.92 Å². The van der Waals surface area contributed by atoms with E-state index >= 15 is 0 Å². The third kappa shape index (κ3) is 2.78. The van der Waals surface area contributed by atoms with Crippen LogP contribution in [0.1, 0.15) is 48.5 Å². The van der Waals surface area contributed by atoms with Crippen molar-refractivity contribution >= 4 is 5.91 Å². The summed E-state index contributed by atoms with van der Waals surface area (Å²) in [6.45, 7) is 4.13. The van der Waals surface area contributed by atoms with Crippen LogP contribution in [0.25, 0.3) is 0 Å². The number of amides is 1. The van der Waals surface area contributed by atoms with Gasteiger partial charge in [0.1, 0.15) is 5.82 Å². The van der Waals surface area contributed by atoms with E-state index in [2.05, 4.69) is 6.92 Å². The topological polar surface area (TPSA) is 43.1 Å². The van der Waals surface area contributed by atoms with E-state index in [1.807, 2.05) is 6.92 Å². The molecule has 0 spiro atoms. The van der Waals surface area contributed by atoms with E-state index in [-0.39, 0.29) is 5.56 Å². The van der Waals surface area contributed by atoms with Crippen molar-refractivity contribution in [3.63, 3.8) is 0 Å². The summed E-state index contributed by atoms with van der Waals surface area (Å²) in [6.07, 6.45) is 2.07. The Morgan fingerprint density at radius 2 is 2.20 bits per heavy atom. The zero-order valence-electron chi connectivity index (χ0n) is 9.09. The maximum Gasteiger partial charge on any atom is 0.251 e. The quantitative estimate of drug-likeness (QED) is 0.814. The van der Waals surface area contributed by atoms with E-state index in [9.17, 15) is 9.18 Å². The van der Waals surface area contributed by atoms with Gasteiger partial charge < -0.3 is 5.73 Å². The molecule has 0 aromatic heterocycles. The Morgan fingerprint density at radius 1 is 1.53 bits per heavy atom. The average molecular weight is 209 g/mol. The number of primary amides is 1. The van der Waals surface area contributed by atoms with Crippen LogP contribution in [-0.2, 0) is 0 Å². The highest BCUT2D eigenvalue weighted by Gasteiger charge is 2.11. The van der Waals surface area contributed by atoms with Crippen molar-refractivity contribution in [2.75, 3.05) is 0 Å². The van der Waals surface area contributed by atoms with Gasteiger partial charge in [-0.1, -0.05) is 26.3 Å². The first-order valence-corrected chi connectivity index (χ1v) is 5.15. The fourth-order valence-electron chi connectivity index (χ4n) is 1.64. The van der Waals surface area contributed by atoms with Crippen LogP contribution in [0.15, 0.2) is 18.2 Å². The molecule has 2 N–H and O–H groups in total.